The van der Waals surface area contributed by atoms with Gasteiger partial charge in [0.15, 0.2) is 0 Å². The molecule has 0 unspecified atom stereocenters. The summed E-state index contributed by atoms with van der Waals surface area (Å²) in [4.78, 5) is 12.1. The van der Waals surface area contributed by atoms with Crippen molar-refractivity contribution >= 4 is 17.5 Å². The summed E-state index contributed by atoms with van der Waals surface area (Å²) in [5, 5.41) is 12.3. The maximum absolute atomic E-state index is 12.1. The Labute approximate surface area is 122 Å². The standard InChI is InChI=1S/C16H13ClN2O/c1-11(14-3-2-4-15(17)9-14)19-16(20)13-7-5-12(10-18)6-8-13/h2-9,11H,1H3,(H,19,20)/t11-/m0/s1. The molecule has 0 aliphatic carbocycles. The van der Waals surface area contributed by atoms with Gasteiger partial charge in [-0.1, -0.05) is 23.7 Å². The lowest BCUT2D eigenvalue weighted by Gasteiger charge is -2.14. The third-order valence-corrected chi connectivity index (χ3v) is 3.21. The highest BCUT2D eigenvalue weighted by Crippen LogP contribution is 2.17. The van der Waals surface area contributed by atoms with Gasteiger partial charge in [0.2, 0.25) is 0 Å². The lowest BCUT2D eigenvalue weighted by Crippen LogP contribution is -2.26. The number of benzene rings is 2. The zero-order valence-electron chi connectivity index (χ0n) is 10.9. The molecule has 0 aliphatic rings. The summed E-state index contributed by atoms with van der Waals surface area (Å²) >= 11 is 5.93. The SMILES string of the molecule is C[C@H](NC(=O)c1ccc(C#N)cc1)c1cccc(Cl)c1. The first-order valence-electron chi connectivity index (χ1n) is 6.16. The van der Waals surface area contributed by atoms with Crippen molar-refractivity contribution in [3.05, 3.63) is 70.2 Å². The van der Waals surface area contributed by atoms with Gasteiger partial charge in [-0.05, 0) is 48.9 Å². The Morgan fingerprint density at radius 3 is 2.55 bits per heavy atom. The van der Waals surface area contributed by atoms with Crippen LogP contribution in [0.3, 0.4) is 0 Å². The van der Waals surface area contributed by atoms with Crippen LogP contribution in [0.5, 0.6) is 0 Å². The average Bonchev–Trinajstić information content (AvgIpc) is 2.47. The molecule has 1 amide bonds. The van der Waals surface area contributed by atoms with Crippen molar-refractivity contribution in [2.24, 2.45) is 0 Å². The number of nitrogens with zero attached hydrogens (tertiary/aromatic N) is 1. The molecule has 0 fully saturated rings. The molecular weight excluding hydrogens is 272 g/mol. The van der Waals surface area contributed by atoms with E-state index < -0.39 is 0 Å². The van der Waals surface area contributed by atoms with Crippen LogP contribution >= 0.6 is 11.6 Å². The Bertz CT molecular complexity index is 659. The van der Waals surface area contributed by atoms with Gasteiger partial charge in [0, 0.05) is 10.6 Å². The Hall–Kier alpha value is -2.31. The van der Waals surface area contributed by atoms with Gasteiger partial charge in [-0.2, -0.15) is 5.26 Å². The molecule has 3 nitrogen and oxygen atoms in total. The van der Waals surface area contributed by atoms with Crippen LogP contribution in [0, 0.1) is 11.3 Å². The zero-order chi connectivity index (χ0) is 14.5. The lowest BCUT2D eigenvalue weighted by atomic mass is 10.1. The van der Waals surface area contributed by atoms with Crippen molar-refractivity contribution in [2.75, 3.05) is 0 Å². The molecule has 0 aromatic heterocycles. The van der Waals surface area contributed by atoms with Crippen molar-refractivity contribution in [1.82, 2.24) is 5.32 Å². The van der Waals surface area contributed by atoms with Crippen molar-refractivity contribution in [2.45, 2.75) is 13.0 Å². The Morgan fingerprint density at radius 1 is 1.25 bits per heavy atom. The van der Waals surface area contributed by atoms with Crippen molar-refractivity contribution < 1.29 is 4.79 Å². The molecule has 0 radical (unpaired) electrons. The third kappa shape index (κ3) is 3.37. The van der Waals surface area contributed by atoms with Gasteiger partial charge in [0.1, 0.15) is 0 Å². The van der Waals surface area contributed by atoms with E-state index in [-0.39, 0.29) is 11.9 Å². The van der Waals surface area contributed by atoms with Crippen molar-refractivity contribution in [3.8, 4) is 6.07 Å². The number of nitriles is 1. The fourth-order valence-electron chi connectivity index (χ4n) is 1.84. The van der Waals surface area contributed by atoms with Gasteiger partial charge >= 0.3 is 0 Å². The van der Waals surface area contributed by atoms with Crippen LogP contribution in [0.15, 0.2) is 48.5 Å². The van der Waals surface area contributed by atoms with Gasteiger partial charge in [-0.25, -0.2) is 0 Å². The van der Waals surface area contributed by atoms with Gasteiger partial charge in [0.05, 0.1) is 17.7 Å². The average molecular weight is 285 g/mol. The van der Waals surface area contributed by atoms with Crippen LogP contribution in [-0.2, 0) is 0 Å². The summed E-state index contributed by atoms with van der Waals surface area (Å²) in [5.41, 5.74) is 2.00. The van der Waals surface area contributed by atoms with Gasteiger partial charge in [-0.3, -0.25) is 4.79 Å². The molecule has 100 valence electrons. The van der Waals surface area contributed by atoms with Crippen LogP contribution in [0.2, 0.25) is 5.02 Å². The minimum Gasteiger partial charge on any atom is -0.346 e. The van der Waals surface area contributed by atoms with E-state index in [1.807, 2.05) is 31.2 Å². The summed E-state index contributed by atoms with van der Waals surface area (Å²) in [6.07, 6.45) is 0. The first-order valence-corrected chi connectivity index (χ1v) is 6.54. The number of carbonyl (C=O) groups is 1. The topological polar surface area (TPSA) is 52.9 Å². The molecular formula is C16H13ClN2O. The molecule has 1 N–H and O–H groups in total. The molecule has 4 heteroatoms. The number of hydrogen-bond acceptors (Lipinski definition) is 2. The van der Waals surface area contributed by atoms with Crippen LogP contribution in [0.1, 0.15) is 34.5 Å². The van der Waals surface area contributed by atoms with E-state index in [1.165, 1.54) is 0 Å². The van der Waals surface area contributed by atoms with E-state index in [1.54, 1.807) is 30.3 Å². The maximum atomic E-state index is 12.1. The molecule has 1 atom stereocenters. The van der Waals surface area contributed by atoms with Gasteiger partial charge < -0.3 is 5.32 Å². The second kappa shape index (κ2) is 6.23. The Kier molecular flexibility index (Phi) is 4.39. The maximum Gasteiger partial charge on any atom is 0.251 e. The monoisotopic (exact) mass is 284 g/mol. The first kappa shape index (κ1) is 14.1. The number of rotatable bonds is 3. The van der Waals surface area contributed by atoms with Gasteiger partial charge in [0.25, 0.3) is 5.91 Å². The molecule has 2 aromatic carbocycles. The number of carbonyl (C=O) groups excluding carboxylic acids is 1. The van der Waals surface area contributed by atoms with E-state index in [9.17, 15) is 4.79 Å². The quantitative estimate of drug-likeness (QED) is 0.934. The normalized spacial score (nSPS) is 11.4. The van der Waals surface area contributed by atoms with Crippen LogP contribution in [-0.4, -0.2) is 5.91 Å². The summed E-state index contributed by atoms with van der Waals surface area (Å²) in [6, 6.07) is 15.8. The predicted molar refractivity (Wildman–Crippen MR) is 78.5 cm³/mol. The summed E-state index contributed by atoms with van der Waals surface area (Å²) in [5.74, 6) is -0.179. The molecule has 0 spiro atoms. The fraction of sp³-hybridized carbons (Fsp3) is 0.125. The van der Waals surface area contributed by atoms with E-state index in [0.717, 1.165) is 5.56 Å². The minimum absolute atomic E-state index is 0.142. The molecule has 0 heterocycles. The summed E-state index contributed by atoms with van der Waals surface area (Å²) in [6.45, 7) is 1.90. The molecule has 0 aliphatic heterocycles. The highest BCUT2D eigenvalue weighted by Gasteiger charge is 2.11. The molecule has 2 aromatic rings. The van der Waals surface area contributed by atoms with Crippen LogP contribution in [0.25, 0.3) is 0 Å². The largest absolute Gasteiger partial charge is 0.346 e. The van der Waals surface area contributed by atoms with Crippen LogP contribution < -0.4 is 5.32 Å². The van der Waals surface area contributed by atoms with E-state index in [4.69, 9.17) is 16.9 Å². The van der Waals surface area contributed by atoms with Crippen LogP contribution in [0.4, 0.5) is 0 Å². The zero-order valence-corrected chi connectivity index (χ0v) is 11.7. The lowest BCUT2D eigenvalue weighted by molar-refractivity contribution is 0.0940. The first-order chi connectivity index (χ1) is 9.60. The predicted octanol–water partition coefficient (Wildman–Crippen LogP) is 3.70. The second-order valence-electron chi connectivity index (χ2n) is 4.44. The summed E-state index contributed by atoms with van der Waals surface area (Å²) in [7, 11) is 0. The summed E-state index contributed by atoms with van der Waals surface area (Å²) < 4.78 is 0. The third-order valence-electron chi connectivity index (χ3n) is 2.97. The number of amides is 1. The molecule has 0 saturated carbocycles. The Morgan fingerprint density at radius 2 is 1.95 bits per heavy atom. The Balaban J connectivity index is 2.09. The smallest absolute Gasteiger partial charge is 0.251 e. The van der Waals surface area contributed by atoms with Crippen molar-refractivity contribution in [1.29, 1.82) is 5.26 Å². The number of nitrogens with one attached hydrogen (secondary N) is 1. The molecule has 0 bridgehead atoms. The number of halogens is 1. The number of hydrogen-bond donors (Lipinski definition) is 1. The van der Waals surface area contributed by atoms with E-state index in [0.29, 0.717) is 16.1 Å². The van der Waals surface area contributed by atoms with E-state index >= 15 is 0 Å². The molecule has 2 rings (SSSR count). The van der Waals surface area contributed by atoms with Gasteiger partial charge in [-0.15, -0.1) is 0 Å². The van der Waals surface area contributed by atoms with E-state index in [2.05, 4.69) is 5.32 Å². The van der Waals surface area contributed by atoms with Crippen molar-refractivity contribution in [3.63, 3.8) is 0 Å². The highest BCUT2D eigenvalue weighted by atomic mass is 35.5. The minimum atomic E-state index is -0.179. The highest BCUT2D eigenvalue weighted by molar-refractivity contribution is 6.30. The molecule has 20 heavy (non-hydrogen) atoms. The fourth-order valence-corrected chi connectivity index (χ4v) is 2.03. The molecule has 0 saturated heterocycles. The second-order valence-corrected chi connectivity index (χ2v) is 4.88.